The van der Waals surface area contributed by atoms with Crippen molar-refractivity contribution >= 4 is 5.91 Å². The van der Waals surface area contributed by atoms with Gasteiger partial charge in [-0.1, -0.05) is 25.7 Å². The lowest BCUT2D eigenvalue weighted by Crippen LogP contribution is -2.48. The topological polar surface area (TPSA) is 29.1 Å². The van der Waals surface area contributed by atoms with Crippen LogP contribution in [0.25, 0.3) is 0 Å². The van der Waals surface area contributed by atoms with Crippen LogP contribution >= 0.6 is 0 Å². The molecule has 2 heteroatoms. The number of nitrogens with one attached hydrogen (secondary N) is 1. The molecule has 1 amide bonds. The van der Waals surface area contributed by atoms with E-state index in [4.69, 9.17) is 0 Å². The van der Waals surface area contributed by atoms with Crippen molar-refractivity contribution in [2.24, 2.45) is 11.3 Å². The molecule has 0 aromatic carbocycles. The molecule has 3 saturated carbocycles. The molecule has 16 heavy (non-hydrogen) atoms. The largest absolute Gasteiger partial charge is 0.353 e. The maximum atomic E-state index is 11.9. The summed E-state index contributed by atoms with van der Waals surface area (Å²) in [5, 5.41) is 3.37. The van der Waals surface area contributed by atoms with Gasteiger partial charge in [-0.15, -0.1) is 0 Å². The molecule has 3 fully saturated rings. The van der Waals surface area contributed by atoms with Crippen molar-refractivity contribution in [3.8, 4) is 0 Å². The molecule has 0 saturated heterocycles. The monoisotopic (exact) mass is 221 g/mol. The van der Waals surface area contributed by atoms with Crippen LogP contribution in [-0.4, -0.2) is 11.9 Å². The van der Waals surface area contributed by atoms with Gasteiger partial charge in [0, 0.05) is 12.0 Å². The first kappa shape index (κ1) is 10.6. The second-order valence-corrected chi connectivity index (χ2v) is 6.15. The molecule has 1 spiro atoms. The summed E-state index contributed by atoms with van der Waals surface area (Å²) in [6.07, 6.45) is 13.1. The van der Waals surface area contributed by atoms with E-state index in [1.54, 1.807) is 0 Å². The average molecular weight is 221 g/mol. The summed E-state index contributed by atoms with van der Waals surface area (Å²) in [5.41, 5.74) is 0.503. The third-order valence-corrected chi connectivity index (χ3v) is 5.02. The molecule has 90 valence electrons. The van der Waals surface area contributed by atoms with Gasteiger partial charge in [0.15, 0.2) is 0 Å². The van der Waals surface area contributed by atoms with Crippen LogP contribution in [0.4, 0.5) is 0 Å². The van der Waals surface area contributed by atoms with Crippen LogP contribution in [-0.2, 0) is 4.79 Å². The van der Waals surface area contributed by atoms with Gasteiger partial charge in [0.05, 0.1) is 0 Å². The standard InChI is InChI=1S/C14H23NO/c16-13(11-6-7-11)15-12-5-1-2-8-14(12)9-3-4-10-14/h11-12H,1-10H2,(H,15,16). The minimum atomic E-state index is 0.359. The van der Waals surface area contributed by atoms with Crippen molar-refractivity contribution < 1.29 is 4.79 Å². The van der Waals surface area contributed by atoms with E-state index < -0.39 is 0 Å². The summed E-state index contributed by atoms with van der Waals surface area (Å²) < 4.78 is 0. The SMILES string of the molecule is O=C(NC1CCCCC12CCCC2)C1CC1. The zero-order valence-electron chi connectivity index (χ0n) is 10.1. The van der Waals surface area contributed by atoms with E-state index in [0.717, 1.165) is 12.8 Å². The van der Waals surface area contributed by atoms with E-state index in [1.165, 1.54) is 51.4 Å². The molecular formula is C14H23NO. The third kappa shape index (κ3) is 1.87. The first-order chi connectivity index (χ1) is 7.80. The Morgan fingerprint density at radius 3 is 2.19 bits per heavy atom. The second-order valence-electron chi connectivity index (χ2n) is 6.15. The molecule has 0 bridgehead atoms. The van der Waals surface area contributed by atoms with Crippen molar-refractivity contribution in [1.82, 2.24) is 5.32 Å². The van der Waals surface area contributed by atoms with Crippen LogP contribution in [0.1, 0.15) is 64.2 Å². The molecule has 2 nitrogen and oxygen atoms in total. The van der Waals surface area contributed by atoms with Crippen molar-refractivity contribution in [2.45, 2.75) is 70.3 Å². The van der Waals surface area contributed by atoms with E-state index in [9.17, 15) is 4.79 Å². The first-order valence-electron chi connectivity index (χ1n) is 7.11. The van der Waals surface area contributed by atoms with Crippen molar-refractivity contribution in [3.63, 3.8) is 0 Å². The van der Waals surface area contributed by atoms with Crippen LogP contribution in [0.5, 0.6) is 0 Å². The Balaban J connectivity index is 1.67. The van der Waals surface area contributed by atoms with Gasteiger partial charge in [-0.3, -0.25) is 4.79 Å². The number of hydrogen-bond acceptors (Lipinski definition) is 1. The number of hydrogen-bond donors (Lipinski definition) is 1. The molecule has 1 N–H and O–H groups in total. The smallest absolute Gasteiger partial charge is 0.223 e. The van der Waals surface area contributed by atoms with Crippen LogP contribution in [0.15, 0.2) is 0 Å². The Kier molecular flexibility index (Phi) is 2.68. The van der Waals surface area contributed by atoms with E-state index in [-0.39, 0.29) is 0 Å². The third-order valence-electron chi connectivity index (χ3n) is 5.02. The van der Waals surface area contributed by atoms with Gasteiger partial charge >= 0.3 is 0 Å². The van der Waals surface area contributed by atoms with E-state index >= 15 is 0 Å². The van der Waals surface area contributed by atoms with Crippen molar-refractivity contribution in [2.75, 3.05) is 0 Å². The first-order valence-corrected chi connectivity index (χ1v) is 7.11. The summed E-state index contributed by atoms with van der Waals surface area (Å²) in [5.74, 6) is 0.735. The predicted octanol–water partition coefficient (Wildman–Crippen LogP) is 3.02. The summed E-state index contributed by atoms with van der Waals surface area (Å²) in [7, 11) is 0. The normalized spacial score (nSPS) is 32.9. The minimum absolute atomic E-state index is 0.359. The molecule has 0 aliphatic heterocycles. The predicted molar refractivity (Wildman–Crippen MR) is 64.0 cm³/mol. The second kappa shape index (κ2) is 4.05. The number of amides is 1. The van der Waals surface area contributed by atoms with E-state index in [0.29, 0.717) is 23.3 Å². The van der Waals surface area contributed by atoms with Crippen LogP contribution < -0.4 is 5.32 Å². The van der Waals surface area contributed by atoms with E-state index in [2.05, 4.69) is 5.32 Å². The molecule has 3 rings (SSSR count). The summed E-state index contributed by atoms with van der Waals surface area (Å²) in [6.45, 7) is 0. The Labute approximate surface area is 98.2 Å². The maximum Gasteiger partial charge on any atom is 0.223 e. The molecule has 0 aromatic rings. The minimum Gasteiger partial charge on any atom is -0.353 e. The molecule has 1 atom stereocenters. The quantitative estimate of drug-likeness (QED) is 0.763. The Hall–Kier alpha value is -0.530. The molecular weight excluding hydrogens is 198 g/mol. The van der Waals surface area contributed by atoms with Crippen LogP contribution in [0.2, 0.25) is 0 Å². The molecule has 0 radical (unpaired) electrons. The van der Waals surface area contributed by atoms with Crippen molar-refractivity contribution in [3.05, 3.63) is 0 Å². The molecule has 0 aromatic heterocycles. The number of carbonyl (C=O) groups excluding carboxylic acids is 1. The average Bonchev–Trinajstić information content (AvgIpc) is 3.05. The highest BCUT2D eigenvalue weighted by Gasteiger charge is 2.44. The van der Waals surface area contributed by atoms with Gasteiger partial charge in [0.2, 0.25) is 5.91 Å². The highest BCUT2D eigenvalue weighted by molar-refractivity contribution is 5.81. The fourth-order valence-corrected chi connectivity index (χ4v) is 3.84. The lowest BCUT2D eigenvalue weighted by molar-refractivity contribution is -0.124. The summed E-state index contributed by atoms with van der Waals surface area (Å²) in [4.78, 5) is 11.9. The molecule has 0 heterocycles. The lowest BCUT2D eigenvalue weighted by atomic mass is 9.69. The van der Waals surface area contributed by atoms with Gasteiger partial charge in [-0.2, -0.15) is 0 Å². The van der Waals surface area contributed by atoms with Crippen LogP contribution in [0.3, 0.4) is 0 Å². The fourth-order valence-electron chi connectivity index (χ4n) is 3.84. The Morgan fingerprint density at radius 2 is 1.56 bits per heavy atom. The Bertz CT molecular complexity index is 276. The maximum absolute atomic E-state index is 11.9. The lowest BCUT2D eigenvalue weighted by Gasteiger charge is -2.42. The molecule has 1 unspecified atom stereocenters. The fraction of sp³-hybridized carbons (Fsp3) is 0.929. The van der Waals surface area contributed by atoms with Gasteiger partial charge < -0.3 is 5.32 Å². The zero-order valence-corrected chi connectivity index (χ0v) is 10.1. The highest BCUT2D eigenvalue weighted by Crippen LogP contribution is 2.49. The molecule has 3 aliphatic rings. The molecule has 3 aliphatic carbocycles. The zero-order chi connectivity index (χ0) is 11.0. The van der Waals surface area contributed by atoms with Gasteiger partial charge in [0.25, 0.3) is 0 Å². The van der Waals surface area contributed by atoms with Gasteiger partial charge in [-0.25, -0.2) is 0 Å². The summed E-state index contributed by atoms with van der Waals surface area (Å²) in [6, 6.07) is 0.511. The van der Waals surface area contributed by atoms with Gasteiger partial charge in [-0.05, 0) is 43.9 Å². The number of carbonyl (C=O) groups is 1. The number of rotatable bonds is 2. The van der Waals surface area contributed by atoms with Crippen LogP contribution in [0, 0.1) is 11.3 Å². The Morgan fingerprint density at radius 1 is 0.938 bits per heavy atom. The summed E-state index contributed by atoms with van der Waals surface area (Å²) >= 11 is 0. The van der Waals surface area contributed by atoms with E-state index in [1.807, 2.05) is 0 Å². The van der Waals surface area contributed by atoms with Crippen molar-refractivity contribution in [1.29, 1.82) is 0 Å². The van der Waals surface area contributed by atoms with Gasteiger partial charge in [0.1, 0.15) is 0 Å². The highest BCUT2D eigenvalue weighted by atomic mass is 16.2.